The Morgan fingerprint density at radius 1 is 1.61 bits per heavy atom. The van der Waals surface area contributed by atoms with Gasteiger partial charge in [0.2, 0.25) is 5.91 Å². The lowest BCUT2D eigenvalue weighted by molar-refractivity contribution is -0.131. The highest BCUT2D eigenvalue weighted by Gasteiger charge is 2.54. The van der Waals surface area contributed by atoms with Crippen molar-refractivity contribution >= 4 is 5.91 Å². The molecule has 0 aliphatic heterocycles. The topological polar surface area (TPSA) is 109 Å². The van der Waals surface area contributed by atoms with Crippen molar-refractivity contribution in [2.75, 3.05) is 0 Å². The van der Waals surface area contributed by atoms with E-state index in [-0.39, 0.29) is 17.5 Å². The molecular formula is C15H20N6O2. The summed E-state index contributed by atoms with van der Waals surface area (Å²) < 4.78 is 1.86. The van der Waals surface area contributed by atoms with Gasteiger partial charge in [-0.25, -0.2) is 4.68 Å². The molecule has 0 aromatic carbocycles. The van der Waals surface area contributed by atoms with Crippen molar-refractivity contribution in [1.29, 1.82) is 0 Å². The maximum atomic E-state index is 12.0. The minimum absolute atomic E-state index is 0.0806. The lowest BCUT2D eigenvalue weighted by atomic mass is 9.88. The van der Waals surface area contributed by atoms with Crippen LogP contribution < -0.4 is 5.32 Å². The van der Waals surface area contributed by atoms with Crippen molar-refractivity contribution in [3.05, 3.63) is 18.6 Å². The second-order valence-electron chi connectivity index (χ2n) is 6.75. The molecule has 2 aliphatic carbocycles. The molecule has 8 heteroatoms. The molecule has 8 nitrogen and oxygen atoms in total. The number of H-pyrrole nitrogens is 1. The molecule has 2 saturated carbocycles. The summed E-state index contributed by atoms with van der Waals surface area (Å²) in [4.78, 5) is 12.0. The third-order valence-corrected chi connectivity index (χ3v) is 5.22. The Balaban J connectivity index is 1.62. The number of aromatic amines is 1. The molecule has 2 heterocycles. The number of aromatic nitrogens is 5. The quantitative estimate of drug-likeness (QED) is 0.767. The molecule has 2 fully saturated rings. The smallest absolute Gasteiger partial charge is 0.249 e. The number of hydrogen-bond donors (Lipinski definition) is 3. The summed E-state index contributed by atoms with van der Waals surface area (Å²) in [5, 5.41) is 27.8. The molecule has 2 aliphatic rings. The molecule has 0 spiro atoms. The lowest BCUT2D eigenvalue weighted by Gasteiger charge is -2.36. The normalized spacial score (nSPS) is 30.5. The van der Waals surface area contributed by atoms with Crippen LogP contribution in [0.1, 0.15) is 38.6 Å². The van der Waals surface area contributed by atoms with Gasteiger partial charge in [0, 0.05) is 11.8 Å². The number of carbonyl (C=O) groups excluding carboxylic acids is 1. The second kappa shape index (κ2) is 5.16. The van der Waals surface area contributed by atoms with Gasteiger partial charge in [0.1, 0.15) is 11.8 Å². The number of fused-ring (bicyclic) bond motifs is 2. The van der Waals surface area contributed by atoms with Gasteiger partial charge in [0.15, 0.2) is 0 Å². The van der Waals surface area contributed by atoms with E-state index in [2.05, 4.69) is 25.8 Å². The maximum Gasteiger partial charge on any atom is 0.249 e. The third-order valence-electron chi connectivity index (χ3n) is 5.22. The Labute approximate surface area is 133 Å². The van der Waals surface area contributed by atoms with E-state index in [0.717, 1.165) is 36.9 Å². The lowest BCUT2D eigenvalue weighted by Crippen LogP contribution is -2.53. The average Bonchev–Trinajstić information content (AvgIpc) is 3.28. The van der Waals surface area contributed by atoms with E-state index in [9.17, 15) is 9.90 Å². The zero-order chi connectivity index (χ0) is 16.0. The monoisotopic (exact) mass is 316 g/mol. The fourth-order valence-electron chi connectivity index (χ4n) is 4.09. The van der Waals surface area contributed by atoms with E-state index in [0.29, 0.717) is 5.92 Å². The fraction of sp³-hybridized carbons (Fsp3) is 0.600. The summed E-state index contributed by atoms with van der Waals surface area (Å²) in [6.45, 7) is 1.49. The van der Waals surface area contributed by atoms with Crippen LogP contribution in [-0.2, 0) is 4.79 Å². The van der Waals surface area contributed by atoms with Gasteiger partial charge in [0.25, 0.3) is 0 Å². The number of aliphatic hydroxyl groups excluding tert-OH is 1. The summed E-state index contributed by atoms with van der Waals surface area (Å²) in [7, 11) is 0. The number of amides is 1. The number of nitrogens with zero attached hydrogens (tertiary/aromatic N) is 4. The molecule has 1 unspecified atom stereocenters. The summed E-state index contributed by atoms with van der Waals surface area (Å²) >= 11 is 0. The van der Waals surface area contributed by atoms with Gasteiger partial charge in [-0.3, -0.25) is 9.89 Å². The molecule has 1 amide bonds. The first-order chi connectivity index (χ1) is 11.1. The standard InChI is InChI=1S/C15H20N6O2/c1-9(22)14(23)18-15-3-2-10(5-15)4-13(15)21-8-12(19-20-21)11-6-16-17-7-11/h6-10,13,22H,2-5H2,1H3,(H,16,17)(H,18,23)/t9?,10-,13+,15+/m1/s1. The molecule has 23 heavy (non-hydrogen) atoms. The highest BCUT2D eigenvalue weighted by Crippen LogP contribution is 2.53. The predicted molar refractivity (Wildman–Crippen MR) is 81.2 cm³/mol. The molecule has 2 bridgehead atoms. The molecule has 122 valence electrons. The third kappa shape index (κ3) is 2.33. The van der Waals surface area contributed by atoms with Gasteiger partial charge in [-0.2, -0.15) is 5.10 Å². The number of nitrogens with one attached hydrogen (secondary N) is 2. The van der Waals surface area contributed by atoms with Crippen molar-refractivity contribution in [1.82, 2.24) is 30.5 Å². The van der Waals surface area contributed by atoms with Crippen LogP contribution in [0.3, 0.4) is 0 Å². The van der Waals surface area contributed by atoms with Crippen LogP contribution in [0.15, 0.2) is 18.6 Å². The van der Waals surface area contributed by atoms with Crippen LogP contribution in [-0.4, -0.2) is 47.8 Å². The van der Waals surface area contributed by atoms with E-state index in [1.54, 1.807) is 12.4 Å². The zero-order valence-corrected chi connectivity index (χ0v) is 12.9. The summed E-state index contributed by atoms with van der Waals surface area (Å²) in [5.41, 5.74) is 1.33. The molecule has 3 N–H and O–H groups in total. The second-order valence-corrected chi connectivity index (χ2v) is 6.75. The highest BCUT2D eigenvalue weighted by atomic mass is 16.3. The molecule has 4 atom stereocenters. The van der Waals surface area contributed by atoms with Gasteiger partial charge in [0.05, 0.1) is 24.0 Å². The van der Waals surface area contributed by atoms with Gasteiger partial charge in [-0.15, -0.1) is 5.10 Å². The maximum absolute atomic E-state index is 12.0. The highest BCUT2D eigenvalue weighted by molar-refractivity contribution is 5.81. The van der Waals surface area contributed by atoms with E-state index >= 15 is 0 Å². The van der Waals surface area contributed by atoms with Gasteiger partial charge in [-0.05, 0) is 38.5 Å². The Kier molecular flexibility index (Phi) is 3.22. The van der Waals surface area contributed by atoms with Crippen LogP contribution in [0.5, 0.6) is 0 Å². The van der Waals surface area contributed by atoms with E-state index in [1.807, 2.05) is 10.9 Å². The first-order valence-electron chi connectivity index (χ1n) is 7.98. The SMILES string of the molecule is CC(O)C(=O)N[C@]12CC[C@H](C[C@@H]1n1cc(-c3cn[nH]c3)nn1)C2. The minimum Gasteiger partial charge on any atom is -0.384 e. The fourth-order valence-corrected chi connectivity index (χ4v) is 4.09. The van der Waals surface area contributed by atoms with Crippen molar-refractivity contribution in [2.24, 2.45) is 5.92 Å². The van der Waals surface area contributed by atoms with Crippen LogP contribution in [0.25, 0.3) is 11.3 Å². The van der Waals surface area contributed by atoms with Gasteiger partial charge >= 0.3 is 0 Å². The number of rotatable bonds is 4. The van der Waals surface area contributed by atoms with E-state index in [4.69, 9.17) is 0 Å². The number of hydrogen-bond acceptors (Lipinski definition) is 5. The summed E-state index contributed by atoms with van der Waals surface area (Å²) in [5.74, 6) is 0.281. The van der Waals surface area contributed by atoms with Crippen molar-refractivity contribution in [3.8, 4) is 11.3 Å². The van der Waals surface area contributed by atoms with Crippen LogP contribution in [0.4, 0.5) is 0 Å². The van der Waals surface area contributed by atoms with Crippen LogP contribution >= 0.6 is 0 Å². The zero-order valence-electron chi connectivity index (χ0n) is 12.9. The summed E-state index contributed by atoms with van der Waals surface area (Å²) in [6, 6.07) is 0.0806. The Bertz CT molecular complexity index is 709. The van der Waals surface area contributed by atoms with Crippen LogP contribution in [0, 0.1) is 5.92 Å². The Hall–Kier alpha value is -2.22. The van der Waals surface area contributed by atoms with E-state index in [1.165, 1.54) is 6.92 Å². The first-order valence-corrected chi connectivity index (χ1v) is 7.98. The first kappa shape index (κ1) is 14.4. The minimum atomic E-state index is -0.998. The van der Waals surface area contributed by atoms with Crippen molar-refractivity contribution < 1.29 is 9.90 Å². The molecule has 4 rings (SSSR count). The van der Waals surface area contributed by atoms with Crippen molar-refractivity contribution in [3.63, 3.8) is 0 Å². The Morgan fingerprint density at radius 3 is 3.17 bits per heavy atom. The van der Waals surface area contributed by atoms with Gasteiger partial charge in [-0.1, -0.05) is 5.21 Å². The van der Waals surface area contributed by atoms with Crippen molar-refractivity contribution in [2.45, 2.75) is 50.3 Å². The Morgan fingerprint density at radius 2 is 2.48 bits per heavy atom. The average molecular weight is 316 g/mol. The van der Waals surface area contributed by atoms with E-state index < -0.39 is 6.10 Å². The predicted octanol–water partition coefficient (Wildman–Crippen LogP) is 0.649. The number of carbonyl (C=O) groups is 1. The van der Waals surface area contributed by atoms with Gasteiger partial charge < -0.3 is 10.4 Å². The number of aliphatic hydroxyl groups is 1. The molecule has 2 aromatic heterocycles. The molecule has 0 saturated heterocycles. The largest absolute Gasteiger partial charge is 0.384 e. The van der Waals surface area contributed by atoms with Crippen LogP contribution in [0.2, 0.25) is 0 Å². The molecule has 2 aromatic rings. The summed E-state index contributed by atoms with van der Waals surface area (Å²) in [6.07, 6.45) is 8.35. The molecule has 0 radical (unpaired) electrons. The molecular weight excluding hydrogens is 296 g/mol.